The molecule has 0 fully saturated rings. The van der Waals surface area contributed by atoms with Crippen LogP contribution in [0.25, 0.3) is 0 Å². The molecule has 0 saturated carbocycles. The van der Waals surface area contributed by atoms with Crippen LogP contribution in [0.3, 0.4) is 0 Å². The molecule has 1 atom stereocenters. The molecule has 1 heterocycles. The van der Waals surface area contributed by atoms with Crippen LogP contribution in [0.1, 0.15) is 17.0 Å². The number of furan rings is 1. The summed E-state index contributed by atoms with van der Waals surface area (Å²) in [5, 5.41) is 19.9. The lowest BCUT2D eigenvalue weighted by molar-refractivity contribution is -0.147. The third kappa shape index (κ3) is 4.73. The molecule has 1 rings (SSSR count). The number of carbonyl (C=O) groups is 3. The summed E-state index contributed by atoms with van der Waals surface area (Å²) in [4.78, 5) is 34.8. The minimum absolute atomic E-state index is 0.00901. The molecule has 0 radical (unpaired) electrons. The zero-order valence-electron chi connectivity index (χ0n) is 10.9. The van der Waals surface area contributed by atoms with Crippen molar-refractivity contribution in [2.45, 2.75) is 12.5 Å². The fourth-order valence-electron chi connectivity index (χ4n) is 1.40. The summed E-state index contributed by atoms with van der Waals surface area (Å²) >= 11 is 0. The first-order valence-corrected chi connectivity index (χ1v) is 5.88. The van der Waals surface area contributed by atoms with Gasteiger partial charge in [-0.1, -0.05) is 0 Å². The average Bonchev–Trinajstić information content (AvgIpc) is 2.91. The van der Waals surface area contributed by atoms with Gasteiger partial charge in [0.25, 0.3) is 5.91 Å². The van der Waals surface area contributed by atoms with Crippen LogP contribution in [0.2, 0.25) is 0 Å². The van der Waals surface area contributed by atoms with Crippen LogP contribution in [-0.4, -0.2) is 59.1 Å². The van der Waals surface area contributed by atoms with Crippen molar-refractivity contribution in [1.29, 1.82) is 0 Å². The molecular weight excluding hydrogens is 268 g/mol. The SMILES string of the molecule is CN(CC(=O)NCC[C@H](O)C(=O)O)C(=O)c1ccco1. The maximum atomic E-state index is 11.7. The number of carbonyl (C=O) groups excluding carboxylic acids is 2. The van der Waals surface area contributed by atoms with Gasteiger partial charge in [-0.15, -0.1) is 0 Å². The molecule has 110 valence electrons. The highest BCUT2D eigenvalue weighted by atomic mass is 16.4. The first-order chi connectivity index (χ1) is 9.41. The maximum absolute atomic E-state index is 11.7. The predicted molar refractivity (Wildman–Crippen MR) is 66.9 cm³/mol. The Balaban J connectivity index is 2.31. The van der Waals surface area contributed by atoms with Crippen molar-refractivity contribution in [2.75, 3.05) is 20.1 Å². The van der Waals surface area contributed by atoms with E-state index in [1.54, 1.807) is 6.07 Å². The predicted octanol–water partition coefficient (Wildman–Crippen LogP) is -0.697. The number of carboxylic acid groups (broad SMARTS) is 1. The topological polar surface area (TPSA) is 120 Å². The summed E-state index contributed by atoms with van der Waals surface area (Å²) in [6.07, 6.45) is -0.261. The van der Waals surface area contributed by atoms with Crippen molar-refractivity contribution in [3.05, 3.63) is 24.2 Å². The largest absolute Gasteiger partial charge is 0.479 e. The summed E-state index contributed by atoms with van der Waals surface area (Å²) in [5.74, 6) is -2.10. The van der Waals surface area contributed by atoms with Crippen LogP contribution in [0, 0.1) is 0 Å². The number of amides is 2. The first-order valence-electron chi connectivity index (χ1n) is 5.88. The molecule has 0 bridgehead atoms. The van der Waals surface area contributed by atoms with E-state index in [1.165, 1.54) is 24.3 Å². The summed E-state index contributed by atoms with van der Waals surface area (Å²) in [6.45, 7) is -0.183. The molecule has 0 spiro atoms. The van der Waals surface area contributed by atoms with E-state index in [4.69, 9.17) is 14.6 Å². The second-order valence-corrected chi connectivity index (χ2v) is 4.13. The van der Waals surface area contributed by atoms with E-state index >= 15 is 0 Å². The number of carboxylic acids is 1. The second-order valence-electron chi connectivity index (χ2n) is 4.13. The highest BCUT2D eigenvalue weighted by Gasteiger charge is 2.17. The van der Waals surface area contributed by atoms with E-state index in [1.807, 2.05) is 0 Å². The molecule has 20 heavy (non-hydrogen) atoms. The molecular formula is C12H16N2O6. The lowest BCUT2D eigenvalue weighted by Crippen LogP contribution is -2.39. The van der Waals surface area contributed by atoms with E-state index in [0.717, 1.165) is 0 Å². The molecule has 0 saturated heterocycles. The lowest BCUT2D eigenvalue weighted by Gasteiger charge is -2.15. The third-order valence-corrected chi connectivity index (χ3v) is 2.48. The van der Waals surface area contributed by atoms with Crippen molar-refractivity contribution in [3.63, 3.8) is 0 Å². The molecule has 0 aliphatic carbocycles. The average molecular weight is 284 g/mol. The zero-order chi connectivity index (χ0) is 15.1. The first kappa shape index (κ1) is 15.7. The summed E-state index contributed by atoms with van der Waals surface area (Å²) in [6, 6.07) is 3.05. The summed E-state index contributed by atoms with van der Waals surface area (Å²) < 4.78 is 4.92. The van der Waals surface area contributed by atoms with Gasteiger partial charge in [0.1, 0.15) is 0 Å². The van der Waals surface area contributed by atoms with Crippen LogP contribution in [0.5, 0.6) is 0 Å². The number of aliphatic carboxylic acids is 1. The van der Waals surface area contributed by atoms with Crippen molar-refractivity contribution in [2.24, 2.45) is 0 Å². The van der Waals surface area contributed by atoms with Gasteiger partial charge in [0.15, 0.2) is 11.9 Å². The summed E-state index contributed by atoms with van der Waals surface area (Å²) in [5.41, 5.74) is 0. The quantitative estimate of drug-likeness (QED) is 0.609. The van der Waals surface area contributed by atoms with Crippen molar-refractivity contribution < 1.29 is 29.0 Å². The molecule has 0 aliphatic rings. The van der Waals surface area contributed by atoms with Crippen molar-refractivity contribution in [1.82, 2.24) is 10.2 Å². The molecule has 0 aliphatic heterocycles. The number of aliphatic hydroxyl groups excluding tert-OH is 1. The van der Waals surface area contributed by atoms with Crippen LogP contribution in [0.4, 0.5) is 0 Å². The van der Waals surface area contributed by atoms with Gasteiger partial charge in [0.05, 0.1) is 12.8 Å². The molecule has 3 N–H and O–H groups in total. The van der Waals surface area contributed by atoms with E-state index in [0.29, 0.717) is 0 Å². The maximum Gasteiger partial charge on any atom is 0.332 e. The van der Waals surface area contributed by atoms with Gasteiger partial charge in [-0.25, -0.2) is 4.79 Å². The van der Waals surface area contributed by atoms with Crippen LogP contribution in [-0.2, 0) is 9.59 Å². The third-order valence-electron chi connectivity index (χ3n) is 2.48. The Bertz CT molecular complexity index is 470. The number of rotatable bonds is 7. The van der Waals surface area contributed by atoms with Crippen LogP contribution in [0.15, 0.2) is 22.8 Å². The standard InChI is InChI=1S/C12H16N2O6/c1-14(11(17)9-3-2-6-20-9)7-10(16)13-5-4-8(15)12(18)19/h2-3,6,8,15H,4-5,7H2,1H3,(H,13,16)(H,18,19)/t8-/m0/s1. The number of nitrogens with one attached hydrogen (secondary N) is 1. The van der Waals surface area contributed by atoms with E-state index in [2.05, 4.69) is 5.32 Å². The minimum atomic E-state index is -1.52. The van der Waals surface area contributed by atoms with Crippen LogP contribution < -0.4 is 5.32 Å². The molecule has 8 nitrogen and oxygen atoms in total. The Labute approximate surface area is 115 Å². The van der Waals surface area contributed by atoms with Crippen molar-refractivity contribution >= 4 is 17.8 Å². The Kier molecular flexibility index (Phi) is 5.73. The second kappa shape index (κ2) is 7.29. The summed E-state index contributed by atoms with van der Waals surface area (Å²) in [7, 11) is 1.44. The van der Waals surface area contributed by atoms with Gasteiger partial charge in [-0.05, 0) is 12.1 Å². The Morgan fingerprint density at radius 3 is 2.70 bits per heavy atom. The molecule has 2 amide bonds. The zero-order valence-corrected chi connectivity index (χ0v) is 10.9. The Morgan fingerprint density at radius 1 is 1.45 bits per heavy atom. The Morgan fingerprint density at radius 2 is 2.15 bits per heavy atom. The van der Waals surface area contributed by atoms with Gasteiger partial charge < -0.3 is 24.8 Å². The number of likely N-dealkylation sites (N-methyl/N-ethyl adjacent to an activating group) is 1. The Hall–Kier alpha value is -2.35. The van der Waals surface area contributed by atoms with Gasteiger partial charge in [0, 0.05) is 20.0 Å². The highest BCUT2D eigenvalue weighted by molar-refractivity contribution is 5.94. The van der Waals surface area contributed by atoms with Gasteiger partial charge in [0.2, 0.25) is 5.91 Å². The normalized spacial score (nSPS) is 11.7. The van der Waals surface area contributed by atoms with Gasteiger partial charge in [-0.2, -0.15) is 0 Å². The highest BCUT2D eigenvalue weighted by Crippen LogP contribution is 2.03. The number of hydrogen-bond donors (Lipinski definition) is 3. The lowest BCUT2D eigenvalue weighted by atomic mass is 10.2. The minimum Gasteiger partial charge on any atom is -0.479 e. The number of nitrogens with zero attached hydrogens (tertiary/aromatic N) is 1. The molecule has 1 aromatic heterocycles. The van der Waals surface area contributed by atoms with Gasteiger partial charge in [-0.3, -0.25) is 9.59 Å². The van der Waals surface area contributed by atoms with Crippen LogP contribution >= 0.6 is 0 Å². The fraction of sp³-hybridized carbons (Fsp3) is 0.417. The van der Waals surface area contributed by atoms with Gasteiger partial charge >= 0.3 is 5.97 Å². The molecule has 0 aromatic carbocycles. The molecule has 8 heteroatoms. The number of aliphatic hydroxyl groups is 1. The smallest absolute Gasteiger partial charge is 0.332 e. The molecule has 0 unspecified atom stereocenters. The van der Waals surface area contributed by atoms with E-state index in [9.17, 15) is 14.4 Å². The monoisotopic (exact) mass is 284 g/mol. The fourth-order valence-corrected chi connectivity index (χ4v) is 1.40. The van der Waals surface area contributed by atoms with E-state index in [-0.39, 0.29) is 25.3 Å². The molecule has 1 aromatic rings. The van der Waals surface area contributed by atoms with Crippen molar-refractivity contribution in [3.8, 4) is 0 Å². The van der Waals surface area contributed by atoms with E-state index < -0.39 is 23.9 Å². The number of hydrogen-bond acceptors (Lipinski definition) is 5.